The van der Waals surface area contributed by atoms with Crippen LogP contribution in [-0.2, 0) is 4.79 Å². The second-order valence-electron chi connectivity index (χ2n) is 5.59. The van der Waals surface area contributed by atoms with E-state index in [2.05, 4.69) is 17.1 Å². The van der Waals surface area contributed by atoms with Crippen molar-refractivity contribution in [2.75, 3.05) is 24.5 Å². The van der Waals surface area contributed by atoms with Gasteiger partial charge >= 0.3 is 0 Å². The highest BCUT2D eigenvalue weighted by atomic mass is 16.3. The molecular formula is C16H26N2O2. The molecule has 0 saturated carbocycles. The van der Waals surface area contributed by atoms with Gasteiger partial charge in [0.25, 0.3) is 0 Å². The van der Waals surface area contributed by atoms with Crippen molar-refractivity contribution in [2.24, 2.45) is 5.41 Å². The van der Waals surface area contributed by atoms with Gasteiger partial charge in [0, 0.05) is 30.7 Å². The number of aromatic hydroxyl groups is 1. The third-order valence-electron chi connectivity index (χ3n) is 3.76. The Morgan fingerprint density at radius 1 is 1.25 bits per heavy atom. The summed E-state index contributed by atoms with van der Waals surface area (Å²) < 4.78 is 0. The fourth-order valence-electron chi connectivity index (χ4n) is 1.84. The summed E-state index contributed by atoms with van der Waals surface area (Å²) in [7, 11) is 0. The van der Waals surface area contributed by atoms with Crippen molar-refractivity contribution >= 4 is 11.6 Å². The van der Waals surface area contributed by atoms with E-state index in [0.29, 0.717) is 6.54 Å². The molecule has 1 rings (SSSR count). The Balaban J connectivity index is 2.50. The van der Waals surface area contributed by atoms with Crippen molar-refractivity contribution < 1.29 is 9.90 Å². The Kier molecular flexibility index (Phi) is 5.86. The van der Waals surface area contributed by atoms with Crippen molar-refractivity contribution in [3.63, 3.8) is 0 Å². The number of hydrogen-bond acceptors (Lipinski definition) is 3. The summed E-state index contributed by atoms with van der Waals surface area (Å²) in [5, 5.41) is 12.3. The van der Waals surface area contributed by atoms with Crippen LogP contribution in [0.2, 0.25) is 0 Å². The third-order valence-corrected chi connectivity index (χ3v) is 3.76. The van der Waals surface area contributed by atoms with E-state index in [9.17, 15) is 9.90 Å². The second-order valence-corrected chi connectivity index (χ2v) is 5.59. The molecule has 0 aliphatic heterocycles. The predicted molar refractivity (Wildman–Crippen MR) is 83.1 cm³/mol. The van der Waals surface area contributed by atoms with E-state index in [1.165, 1.54) is 0 Å². The Morgan fingerprint density at radius 2 is 1.85 bits per heavy atom. The smallest absolute Gasteiger partial charge is 0.225 e. The average molecular weight is 278 g/mol. The summed E-state index contributed by atoms with van der Waals surface area (Å²) in [6, 6.07) is 7.13. The van der Waals surface area contributed by atoms with Gasteiger partial charge < -0.3 is 15.3 Å². The van der Waals surface area contributed by atoms with Crippen molar-refractivity contribution in [3.8, 4) is 5.75 Å². The molecule has 0 aliphatic rings. The lowest BCUT2D eigenvalue weighted by Gasteiger charge is -2.25. The average Bonchev–Trinajstić information content (AvgIpc) is 2.44. The number of amides is 1. The maximum absolute atomic E-state index is 12.0. The Labute approximate surface area is 121 Å². The lowest BCUT2D eigenvalue weighted by Crippen LogP contribution is -2.41. The van der Waals surface area contributed by atoms with E-state index < -0.39 is 0 Å². The normalized spacial score (nSPS) is 11.2. The van der Waals surface area contributed by atoms with E-state index in [1.807, 2.05) is 32.9 Å². The molecule has 4 nitrogen and oxygen atoms in total. The highest BCUT2D eigenvalue weighted by Gasteiger charge is 2.24. The predicted octanol–water partition coefficient (Wildman–Crippen LogP) is 2.77. The van der Waals surface area contributed by atoms with Crippen LogP contribution in [0.15, 0.2) is 24.3 Å². The van der Waals surface area contributed by atoms with E-state index in [4.69, 9.17) is 0 Å². The Morgan fingerprint density at radius 3 is 2.35 bits per heavy atom. The van der Waals surface area contributed by atoms with Gasteiger partial charge in [-0.25, -0.2) is 0 Å². The fraction of sp³-hybridized carbons (Fsp3) is 0.562. The van der Waals surface area contributed by atoms with E-state index >= 15 is 0 Å². The summed E-state index contributed by atoms with van der Waals surface area (Å²) in [5.74, 6) is 0.365. The number of anilines is 1. The molecule has 0 spiro atoms. The molecule has 0 aromatic heterocycles. The maximum atomic E-state index is 12.0. The Hall–Kier alpha value is -1.71. The van der Waals surface area contributed by atoms with Gasteiger partial charge in [-0.15, -0.1) is 0 Å². The molecule has 0 aliphatic carbocycles. The summed E-state index contributed by atoms with van der Waals surface area (Å²) in [5.41, 5.74) is 0.740. The van der Waals surface area contributed by atoms with Crippen LogP contribution in [0, 0.1) is 5.41 Å². The molecule has 0 radical (unpaired) electrons. The molecule has 112 valence electrons. The summed E-state index contributed by atoms with van der Waals surface area (Å²) in [4.78, 5) is 14.1. The molecule has 20 heavy (non-hydrogen) atoms. The first-order valence-electron chi connectivity index (χ1n) is 7.23. The number of rotatable bonds is 7. The highest BCUT2D eigenvalue weighted by molar-refractivity contribution is 5.81. The number of phenols is 1. The summed E-state index contributed by atoms with van der Waals surface area (Å²) in [6.45, 7) is 10.3. The lowest BCUT2D eigenvalue weighted by molar-refractivity contribution is -0.129. The van der Waals surface area contributed by atoms with Gasteiger partial charge in [-0.1, -0.05) is 20.8 Å². The lowest BCUT2D eigenvalue weighted by atomic mass is 9.89. The zero-order chi connectivity index (χ0) is 15.2. The number of hydrogen-bond donors (Lipinski definition) is 2. The first kappa shape index (κ1) is 16.3. The van der Waals surface area contributed by atoms with Crippen LogP contribution in [0.1, 0.15) is 34.1 Å². The van der Waals surface area contributed by atoms with Crippen LogP contribution >= 0.6 is 0 Å². The van der Waals surface area contributed by atoms with Crippen LogP contribution in [0.4, 0.5) is 5.69 Å². The SMILES string of the molecule is CCN(CCNC(=O)C(C)(C)CC)c1ccc(O)cc1. The quantitative estimate of drug-likeness (QED) is 0.806. The minimum atomic E-state index is -0.310. The maximum Gasteiger partial charge on any atom is 0.225 e. The number of carbonyl (C=O) groups is 1. The molecule has 1 amide bonds. The molecule has 1 aromatic carbocycles. The topological polar surface area (TPSA) is 52.6 Å². The van der Waals surface area contributed by atoms with Gasteiger partial charge in [-0.2, -0.15) is 0 Å². The van der Waals surface area contributed by atoms with Gasteiger partial charge in [0.15, 0.2) is 0 Å². The van der Waals surface area contributed by atoms with Crippen molar-refractivity contribution in [1.29, 1.82) is 0 Å². The monoisotopic (exact) mass is 278 g/mol. The molecule has 2 N–H and O–H groups in total. The van der Waals surface area contributed by atoms with Crippen LogP contribution < -0.4 is 10.2 Å². The van der Waals surface area contributed by atoms with E-state index in [1.54, 1.807) is 12.1 Å². The van der Waals surface area contributed by atoms with E-state index in [0.717, 1.165) is 25.2 Å². The zero-order valence-electron chi connectivity index (χ0n) is 12.9. The molecule has 0 unspecified atom stereocenters. The number of likely N-dealkylation sites (N-methyl/N-ethyl adjacent to an activating group) is 1. The molecule has 0 saturated heterocycles. The Bertz CT molecular complexity index is 427. The molecule has 0 bridgehead atoms. The minimum absolute atomic E-state index is 0.0989. The number of phenolic OH excluding ortho intramolecular Hbond substituents is 1. The van der Waals surface area contributed by atoms with Gasteiger partial charge in [0.1, 0.15) is 5.75 Å². The van der Waals surface area contributed by atoms with Crippen LogP contribution in [0.25, 0.3) is 0 Å². The summed E-state index contributed by atoms with van der Waals surface area (Å²) >= 11 is 0. The number of benzene rings is 1. The fourth-order valence-corrected chi connectivity index (χ4v) is 1.84. The zero-order valence-corrected chi connectivity index (χ0v) is 12.9. The van der Waals surface area contributed by atoms with Gasteiger partial charge in [0.05, 0.1) is 0 Å². The molecular weight excluding hydrogens is 252 g/mol. The number of nitrogens with one attached hydrogen (secondary N) is 1. The first-order valence-corrected chi connectivity index (χ1v) is 7.23. The van der Waals surface area contributed by atoms with Crippen LogP contribution in [0.3, 0.4) is 0 Å². The number of carbonyl (C=O) groups excluding carboxylic acids is 1. The van der Waals surface area contributed by atoms with Gasteiger partial charge in [-0.05, 0) is 37.6 Å². The molecule has 0 atom stereocenters. The number of nitrogens with zero attached hydrogens (tertiary/aromatic N) is 1. The summed E-state index contributed by atoms with van der Waals surface area (Å²) in [6.07, 6.45) is 0.828. The molecule has 1 aromatic rings. The standard InChI is InChI=1S/C16H26N2O2/c1-5-16(3,4)15(20)17-11-12-18(6-2)13-7-9-14(19)10-8-13/h7-10,19H,5-6,11-12H2,1-4H3,(H,17,20). The van der Waals surface area contributed by atoms with Gasteiger partial charge in [0.2, 0.25) is 5.91 Å². The van der Waals surface area contributed by atoms with Gasteiger partial charge in [-0.3, -0.25) is 4.79 Å². The molecule has 4 heteroatoms. The van der Waals surface area contributed by atoms with Crippen molar-refractivity contribution in [2.45, 2.75) is 34.1 Å². The van der Waals surface area contributed by atoms with Crippen molar-refractivity contribution in [1.82, 2.24) is 5.32 Å². The third kappa shape index (κ3) is 4.44. The molecule has 0 heterocycles. The van der Waals surface area contributed by atoms with Crippen molar-refractivity contribution in [3.05, 3.63) is 24.3 Å². The van der Waals surface area contributed by atoms with Crippen LogP contribution in [0.5, 0.6) is 5.75 Å². The second kappa shape index (κ2) is 7.17. The minimum Gasteiger partial charge on any atom is -0.508 e. The highest BCUT2D eigenvalue weighted by Crippen LogP contribution is 2.20. The van der Waals surface area contributed by atoms with Crippen LogP contribution in [-0.4, -0.2) is 30.6 Å². The first-order chi connectivity index (χ1) is 9.40. The largest absolute Gasteiger partial charge is 0.508 e. The van der Waals surface area contributed by atoms with E-state index in [-0.39, 0.29) is 17.1 Å². The molecule has 0 fully saturated rings.